The minimum absolute atomic E-state index is 0.799. The smallest absolute Gasteiger partial charge is 0.151 e. The van der Waals surface area contributed by atoms with Crippen LogP contribution in [-0.2, 0) is 0 Å². The number of pyridine rings is 4. The lowest BCUT2D eigenvalue weighted by molar-refractivity contribution is 0.476. The van der Waals surface area contributed by atoms with Gasteiger partial charge >= 0.3 is 0 Å². The Labute approximate surface area is 409 Å². The summed E-state index contributed by atoms with van der Waals surface area (Å²) in [5, 5.41) is 3.32. The molecule has 7 heterocycles. The van der Waals surface area contributed by atoms with Crippen LogP contribution in [0.5, 0.6) is 34.5 Å². The summed E-state index contributed by atoms with van der Waals surface area (Å²) >= 11 is 6.68. The van der Waals surface area contributed by atoms with Crippen molar-refractivity contribution in [1.82, 2.24) is 19.9 Å². The highest BCUT2D eigenvalue weighted by Gasteiger charge is 2.27. The molecule has 0 amide bonds. The van der Waals surface area contributed by atoms with E-state index in [-0.39, 0.29) is 0 Å². The lowest BCUT2D eigenvalue weighted by atomic mass is 10.1. The maximum Gasteiger partial charge on any atom is 0.151 e. The predicted molar refractivity (Wildman–Crippen MR) is 276 cm³/mol. The molecule has 10 nitrogen and oxygen atoms in total. The van der Waals surface area contributed by atoms with Crippen LogP contribution in [0.25, 0.3) is 22.8 Å². The third-order valence-electron chi connectivity index (χ3n) is 11.1. The molecule has 0 saturated heterocycles. The third-order valence-corrected chi connectivity index (χ3v) is 12.1. The second-order valence-electron chi connectivity index (χ2n) is 15.5. The number of rotatable bonds is 4. The minimum Gasteiger partial charge on any atom is -0.453 e. The zero-order valence-electron chi connectivity index (χ0n) is 35.9. The van der Waals surface area contributed by atoms with E-state index in [9.17, 15) is 0 Å². The summed E-state index contributed by atoms with van der Waals surface area (Å²) in [4.78, 5) is 22.5. The lowest BCUT2D eigenvalue weighted by Crippen LogP contribution is -2.16. The van der Waals surface area contributed by atoms with Gasteiger partial charge in [0.2, 0.25) is 0 Å². The van der Waals surface area contributed by atoms with Gasteiger partial charge in [-0.3, -0.25) is 19.9 Å². The van der Waals surface area contributed by atoms with Crippen molar-refractivity contribution in [2.75, 3.05) is 15.1 Å². The summed E-state index contributed by atoms with van der Waals surface area (Å²) in [5.74, 6) is 5.02. The van der Waals surface area contributed by atoms with E-state index in [4.69, 9.17) is 24.2 Å². The standard InChI is InChI=1S/C34H22N4O2.C12H9NO.C10H6Br2N2/c1-5-13-31-27(9-1)37(28-10-2-6-14-32(28)39-31)23-17-19-25(35-21-23)26-20-18-24(22-36-26)38-29-11-3-7-15-33(29)40-34-16-8-4-12-30(34)38;1-3-7-11-9(5-1)13-10-6-2-4-8-12(10)14-11;11-7-1-3-9(13-5-7)10-4-2-8(12)6-14-10/h1-22H;1-8,13H;1-6H. The van der Waals surface area contributed by atoms with Crippen LogP contribution >= 0.6 is 31.9 Å². The van der Waals surface area contributed by atoms with Crippen LogP contribution in [0.1, 0.15) is 0 Å². The molecule has 6 aromatic carbocycles. The predicted octanol–water partition coefficient (Wildman–Crippen LogP) is 16.5. The minimum atomic E-state index is 0.799. The number of para-hydroxylation sites is 12. The van der Waals surface area contributed by atoms with Crippen molar-refractivity contribution >= 4 is 77.4 Å². The van der Waals surface area contributed by atoms with Gasteiger partial charge in [-0.15, -0.1) is 0 Å². The number of benzene rings is 6. The molecule has 0 unspecified atom stereocenters. The molecule has 0 atom stereocenters. The first-order valence-corrected chi connectivity index (χ1v) is 23.2. The number of hydrogen-bond donors (Lipinski definition) is 1. The highest BCUT2D eigenvalue weighted by Crippen LogP contribution is 2.51. The molecule has 3 aliphatic heterocycles. The fraction of sp³-hybridized carbons (Fsp3) is 0. The summed E-state index contributed by atoms with van der Waals surface area (Å²) in [6.45, 7) is 0. The van der Waals surface area contributed by atoms with Gasteiger partial charge < -0.3 is 29.3 Å². The molecule has 0 radical (unpaired) electrons. The van der Waals surface area contributed by atoms with Crippen LogP contribution in [0.3, 0.4) is 0 Å². The number of nitrogens with zero attached hydrogens (tertiary/aromatic N) is 6. The van der Waals surface area contributed by atoms with Gasteiger partial charge in [0.1, 0.15) is 0 Å². The Morgan fingerprint density at radius 2 is 0.603 bits per heavy atom. The van der Waals surface area contributed by atoms with E-state index in [0.717, 1.165) is 112 Å². The van der Waals surface area contributed by atoms with E-state index in [0.29, 0.717) is 0 Å². The molecular weight excluding hydrogens is 978 g/mol. The Morgan fingerprint density at radius 1 is 0.309 bits per heavy atom. The van der Waals surface area contributed by atoms with E-state index in [1.54, 1.807) is 12.4 Å². The molecule has 1 N–H and O–H groups in total. The van der Waals surface area contributed by atoms with Crippen molar-refractivity contribution in [3.63, 3.8) is 0 Å². The first-order chi connectivity index (χ1) is 33.5. The highest BCUT2D eigenvalue weighted by molar-refractivity contribution is 9.10. The summed E-state index contributed by atoms with van der Waals surface area (Å²) in [6.07, 6.45) is 7.30. The van der Waals surface area contributed by atoms with Crippen LogP contribution in [0.15, 0.2) is 228 Å². The quantitative estimate of drug-likeness (QED) is 0.184. The van der Waals surface area contributed by atoms with Crippen LogP contribution in [0, 0.1) is 0 Å². The zero-order valence-corrected chi connectivity index (χ0v) is 39.1. The van der Waals surface area contributed by atoms with Crippen LogP contribution in [-0.4, -0.2) is 19.9 Å². The summed E-state index contributed by atoms with van der Waals surface area (Å²) < 4.78 is 19.9. The van der Waals surface area contributed by atoms with Crippen molar-refractivity contribution in [1.29, 1.82) is 0 Å². The van der Waals surface area contributed by atoms with Crippen LogP contribution in [0.4, 0.5) is 45.5 Å². The number of aromatic nitrogens is 4. The number of anilines is 8. The average Bonchev–Trinajstić information content (AvgIpc) is 3.40. The van der Waals surface area contributed by atoms with E-state index >= 15 is 0 Å². The maximum absolute atomic E-state index is 6.14. The summed E-state index contributed by atoms with van der Waals surface area (Å²) in [6, 6.07) is 63.9. The highest BCUT2D eigenvalue weighted by atomic mass is 79.9. The molecule has 0 saturated carbocycles. The van der Waals surface area contributed by atoms with Gasteiger partial charge in [0, 0.05) is 21.3 Å². The maximum atomic E-state index is 6.14. The second-order valence-corrected chi connectivity index (χ2v) is 17.3. The number of nitrogens with one attached hydrogen (secondary N) is 1. The fourth-order valence-electron chi connectivity index (χ4n) is 7.94. The van der Waals surface area contributed by atoms with Gasteiger partial charge in [-0.2, -0.15) is 0 Å². The van der Waals surface area contributed by atoms with E-state index in [2.05, 4.69) is 93.3 Å². The van der Waals surface area contributed by atoms with Crippen molar-refractivity contribution in [2.45, 2.75) is 0 Å². The van der Waals surface area contributed by atoms with E-state index in [1.807, 2.05) is 170 Å². The Hall–Kier alpha value is -8.32. The number of hydrogen-bond acceptors (Lipinski definition) is 10. The topological polar surface area (TPSA) is 97.8 Å². The van der Waals surface area contributed by atoms with Gasteiger partial charge in [0.15, 0.2) is 34.5 Å². The van der Waals surface area contributed by atoms with E-state index in [1.165, 1.54) is 0 Å². The van der Waals surface area contributed by atoms with Crippen LogP contribution < -0.4 is 29.3 Å². The number of fused-ring (bicyclic) bond motifs is 6. The first-order valence-electron chi connectivity index (χ1n) is 21.6. The average molecular weight is 1020 g/mol. The van der Waals surface area contributed by atoms with Gasteiger partial charge in [-0.05, 0) is 153 Å². The monoisotopic (exact) mass is 1010 g/mol. The number of ether oxygens (including phenoxy) is 3. The van der Waals surface area contributed by atoms with Gasteiger partial charge in [-0.1, -0.05) is 72.8 Å². The Morgan fingerprint density at radius 3 is 0.926 bits per heavy atom. The molecular formula is C56H37Br2N7O3. The molecule has 0 fully saturated rings. The molecule has 4 aromatic heterocycles. The Kier molecular flexibility index (Phi) is 11.8. The number of halogens is 2. The molecule has 13 rings (SSSR count). The fourth-order valence-corrected chi connectivity index (χ4v) is 8.41. The molecule has 0 aliphatic carbocycles. The summed E-state index contributed by atoms with van der Waals surface area (Å²) in [5.41, 5.74) is 11.2. The van der Waals surface area contributed by atoms with Crippen molar-refractivity contribution in [3.05, 3.63) is 228 Å². The largest absolute Gasteiger partial charge is 0.453 e. The molecule has 0 bridgehead atoms. The third kappa shape index (κ3) is 8.73. The lowest BCUT2D eigenvalue weighted by Gasteiger charge is -2.32. The molecule has 68 heavy (non-hydrogen) atoms. The molecule has 3 aliphatic rings. The van der Waals surface area contributed by atoms with Gasteiger partial charge in [-0.25, -0.2) is 0 Å². The molecule has 12 heteroatoms. The molecule has 10 aromatic rings. The van der Waals surface area contributed by atoms with E-state index < -0.39 is 0 Å². The Bertz CT molecular complexity index is 3030. The van der Waals surface area contributed by atoms with Crippen molar-refractivity contribution in [3.8, 4) is 57.3 Å². The molecule has 0 spiro atoms. The second kappa shape index (κ2) is 18.9. The SMILES string of the molecule is Brc1ccc(-c2ccc(Br)cn2)nc1.c1ccc2c(c1)Nc1ccccc1O2.c1ccc2c(c1)Oc1ccccc1N2c1ccc(-c2ccc(N3c4ccccc4Oc4ccccc43)cn2)nc1. The first kappa shape index (κ1) is 42.3. The Balaban J connectivity index is 0.000000146. The molecule has 328 valence electrons. The summed E-state index contributed by atoms with van der Waals surface area (Å²) in [7, 11) is 0. The zero-order chi connectivity index (χ0) is 45.8. The van der Waals surface area contributed by atoms with Crippen LogP contribution in [0.2, 0.25) is 0 Å². The van der Waals surface area contributed by atoms with Crippen molar-refractivity contribution < 1.29 is 14.2 Å². The van der Waals surface area contributed by atoms with Gasteiger partial charge in [0.05, 0.1) is 80.7 Å². The van der Waals surface area contributed by atoms with Gasteiger partial charge in [0.25, 0.3) is 0 Å². The normalized spacial score (nSPS) is 12.1. The van der Waals surface area contributed by atoms with Crippen molar-refractivity contribution in [2.24, 2.45) is 0 Å².